The molecule has 11 heteroatoms. The van der Waals surface area contributed by atoms with E-state index in [-0.39, 0.29) is 13.2 Å². The van der Waals surface area contributed by atoms with Crippen molar-refractivity contribution in [3.8, 4) is 0 Å². The molecule has 0 spiro atoms. The van der Waals surface area contributed by atoms with Crippen LogP contribution in [0.4, 0.5) is 0 Å². The highest BCUT2D eigenvalue weighted by molar-refractivity contribution is 7.43. The molecule has 0 aromatic rings. The Balaban J connectivity index is -0.000000283. The summed E-state index contributed by atoms with van der Waals surface area (Å²) in [7, 11) is 7.31. The lowest BCUT2D eigenvalue weighted by Crippen LogP contribution is -2.36. The Hall–Kier alpha value is -0.130. The van der Waals surface area contributed by atoms with E-state index in [1.54, 1.807) is 0 Å². The van der Waals surface area contributed by atoms with E-state index in [1.807, 2.05) is 0 Å². The second-order valence-electron chi connectivity index (χ2n) is 7.05. The average molecular weight is 378 g/mol. The highest BCUT2D eigenvalue weighted by atomic mass is 31.2. The van der Waals surface area contributed by atoms with Gasteiger partial charge in [0.15, 0.2) is 0 Å². The maximum absolute atomic E-state index is 9.71. The number of aliphatic hydroxyl groups excluding tert-OH is 4. The van der Waals surface area contributed by atoms with Crippen LogP contribution in [0.15, 0.2) is 0 Å². The SMILES string of the molecule is C[N+](C)(C)CCO.C[N+](C)(C)CCO.O=P([O-])([O-])OC[C@H](O)CO. The van der Waals surface area contributed by atoms with Gasteiger partial charge in [0.25, 0.3) is 0 Å². The van der Waals surface area contributed by atoms with Crippen molar-refractivity contribution in [1.82, 2.24) is 0 Å². The minimum Gasteiger partial charge on any atom is -0.790 e. The summed E-state index contributed by atoms with van der Waals surface area (Å²) < 4.78 is 15.0. The number of phosphoric acid groups is 1. The predicted octanol–water partition coefficient (Wildman–Crippen LogP) is -3.45. The van der Waals surface area contributed by atoms with E-state index in [2.05, 4.69) is 46.8 Å². The van der Waals surface area contributed by atoms with Crippen LogP contribution in [0.3, 0.4) is 0 Å². The third-order valence-corrected chi connectivity index (χ3v) is 2.64. The number of likely N-dealkylation sites (N-methyl/N-ethyl adjacent to an activating group) is 2. The van der Waals surface area contributed by atoms with Gasteiger partial charge in [-0.2, -0.15) is 0 Å². The Morgan fingerprint density at radius 3 is 1.38 bits per heavy atom. The molecule has 1 atom stereocenters. The van der Waals surface area contributed by atoms with Crippen molar-refractivity contribution in [2.75, 3.05) is 81.8 Å². The number of aliphatic hydroxyl groups is 4. The van der Waals surface area contributed by atoms with Crippen LogP contribution in [0.2, 0.25) is 0 Å². The molecule has 0 bridgehead atoms. The van der Waals surface area contributed by atoms with Crippen molar-refractivity contribution in [3.05, 3.63) is 0 Å². The fourth-order valence-corrected chi connectivity index (χ4v) is 1.18. The van der Waals surface area contributed by atoms with Gasteiger partial charge in [0, 0.05) is 0 Å². The van der Waals surface area contributed by atoms with Crippen molar-refractivity contribution in [3.63, 3.8) is 0 Å². The Morgan fingerprint density at radius 1 is 0.917 bits per heavy atom. The lowest BCUT2D eigenvalue weighted by molar-refractivity contribution is -0.870. The van der Waals surface area contributed by atoms with Crippen molar-refractivity contribution >= 4 is 7.82 Å². The topological polar surface area (TPSA) is 153 Å². The summed E-state index contributed by atoms with van der Waals surface area (Å²) in [4.78, 5) is 19.4. The fraction of sp³-hybridized carbons (Fsp3) is 1.00. The van der Waals surface area contributed by atoms with E-state index in [9.17, 15) is 14.4 Å². The normalized spacial score (nSPS) is 13.3. The smallest absolute Gasteiger partial charge is 0.101 e. The average Bonchev–Trinajstić information content (AvgIpc) is 2.33. The Kier molecular flexibility index (Phi) is 16.8. The van der Waals surface area contributed by atoms with Gasteiger partial charge in [0.1, 0.15) is 19.2 Å². The quantitative estimate of drug-likeness (QED) is 0.251. The molecule has 0 radical (unpaired) electrons. The summed E-state index contributed by atoms with van der Waals surface area (Å²) in [5.74, 6) is 0. The molecular formula is C13H35N2O8P. The molecule has 0 heterocycles. The lowest BCUT2D eigenvalue weighted by atomic mass is 10.4. The molecule has 0 aliphatic rings. The second kappa shape index (κ2) is 14.1. The number of hydrogen-bond donors (Lipinski definition) is 4. The van der Waals surface area contributed by atoms with Crippen LogP contribution >= 0.6 is 7.82 Å². The first-order valence-corrected chi connectivity index (χ1v) is 8.82. The van der Waals surface area contributed by atoms with Gasteiger partial charge in [0.2, 0.25) is 0 Å². The van der Waals surface area contributed by atoms with Crippen molar-refractivity contribution in [1.29, 1.82) is 0 Å². The highest BCUT2D eigenvalue weighted by Gasteiger charge is 2.03. The first kappa shape index (κ1) is 28.7. The van der Waals surface area contributed by atoms with Crippen LogP contribution in [0.5, 0.6) is 0 Å². The zero-order valence-electron chi connectivity index (χ0n) is 15.6. The van der Waals surface area contributed by atoms with Gasteiger partial charge >= 0.3 is 0 Å². The largest absolute Gasteiger partial charge is 0.790 e. The zero-order valence-corrected chi connectivity index (χ0v) is 16.5. The van der Waals surface area contributed by atoms with Gasteiger partial charge < -0.3 is 48.3 Å². The maximum Gasteiger partial charge on any atom is 0.101 e. The third kappa shape index (κ3) is 37.8. The van der Waals surface area contributed by atoms with Crippen LogP contribution in [-0.2, 0) is 9.09 Å². The molecule has 0 saturated heterocycles. The minimum absolute atomic E-state index is 0.281. The Bertz CT molecular complexity index is 309. The molecule has 0 unspecified atom stereocenters. The van der Waals surface area contributed by atoms with Crippen LogP contribution in [0.1, 0.15) is 0 Å². The number of rotatable bonds is 8. The van der Waals surface area contributed by atoms with E-state index in [4.69, 9.17) is 20.4 Å². The number of phosphoric ester groups is 1. The summed E-state index contributed by atoms with van der Waals surface area (Å²) >= 11 is 0. The third-order valence-electron chi connectivity index (χ3n) is 2.18. The predicted molar refractivity (Wildman–Crippen MR) is 86.6 cm³/mol. The summed E-state index contributed by atoms with van der Waals surface area (Å²) in [5.41, 5.74) is 0. The van der Waals surface area contributed by atoms with Gasteiger partial charge in [-0.05, 0) is 0 Å². The van der Waals surface area contributed by atoms with Gasteiger partial charge in [0.05, 0.1) is 76.5 Å². The first-order valence-electron chi connectivity index (χ1n) is 7.36. The standard InChI is InChI=1S/2C5H14NO.C3H9O6P/c2*1-6(2,3)4-5-7;4-1-3(5)2-9-10(6,7)8/h2*7H,4-5H2,1-3H3;3-5H,1-2H2,(H2,6,7,8)/q2*+1;/p-2/t;;3-/m..1/s1. The molecule has 0 aromatic carbocycles. The summed E-state index contributed by atoms with van der Waals surface area (Å²) in [6.07, 6.45) is -1.32. The molecule has 24 heavy (non-hydrogen) atoms. The van der Waals surface area contributed by atoms with E-state index >= 15 is 0 Å². The van der Waals surface area contributed by atoms with Crippen LogP contribution in [0, 0.1) is 0 Å². The molecule has 0 aromatic heterocycles. The highest BCUT2D eigenvalue weighted by Crippen LogP contribution is 2.24. The lowest BCUT2D eigenvalue weighted by Gasteiger charge is -2.29. The summed E-state index contributed by atoms with van der Waals surface area (Å²) in [5, 5.41) is 33.3. The first-order chi connectivity index (χ1) is 10.6. The zero-order chi connectivity index (χ0) is 20.0. The molecule has 0 fully saturated rings. The molecule has 150 valence electrons. The Labute approximate surface area is 144 Å². The van der Waals surface area contributed by atoms with E-state index < -0.39 is 27.1 Å². The molecule has 0 aliphatic carbocycles. The summed E-state index contributed by atoms with van der Waals surface area (Å²) in [6, 6.07) is 0. The van der Waals surface area contributed by atoms with E-state index in [1.165, 1.54) is 0 Å². The second-order valence-corrected chi connectivity index (χ2v) is 8.21. The van der Waals surface area contributed by atoms with Crippen molar-refractivity contribution in [2.45, 2.75) is 6.10 Å². The Morgan fingerprint density at radius 2 is 1.25 bits per heavy atom. The number of hydrogen-bond acceptors (Lipinski definition) is 8. The van der Waals surface area contributed by atoms with Crippen LogP contribution < -0.4 is 9.79 Å². The van der Waals surface area contributed by atoms with E-state index in [0.29, 0.717) is 0 Å². The van der Waals surface area contributed by atoms with Crippen molar-refractivity contribution < 1.29 is 48.3 Å². The maximum atomic E-state index is 9.71. The molecule has 4 N–H and O–H groups in total. The molecule has 0 rings (SSSR count). The van der Waals surface area contributed by atoms with Crippen molar-refractivity contribution in [2.24, 2.45) is 0 Å². The monoisotopic (exact) mass is 378 g/mol. The molecule has 0 amide bonds. The molecule has 10 nitrogen and oxygen atoms in total. The van der Waals surface area contributed by atoms with Gasteiger partial charge in [-0.25, -0.2) is 0 Å². The molecule has 0 aliphatic heterocycles. The van der Waals surface area contributed by atoms with Gasteiger partial charge in [-0.3, -0.25) is 0 Å². The van der Waals surface area contributed by atoms with Crippen LogP contribution in [-0.4, -0.2) is 117 Å². The number of quaternary nitrogens is 2. The number of nitrogens with zero attached hydrogens (tertiary/aromatic N) is 2. The minimum atomic E-state index is -5.00. The van der Waals surface area contributed by atoms with Crippen LogP contribution in [0.25, 0.3) is 0 Å². The fourth-order valence-electron chi connectivity index (χ4n) is 0.830. The van der Waals surface area contributed by atoms with Gasteiger partial charge in [-0.1, -0.05) is 0 Å². The summed E-state index contributed by atoms with van der Waals surface area (Å²) in [6.45, 7) is 0.897. The molecule has 0 saturated carbocycles. The molecular weight excluding hydrogens is 343 g/mol. The van der Waals surface area contributed by atoms with E-state index in [0.717, 1.165) is 22.1 Å². The van der Waals surface area contributed by atoms with Gasteiger partial charge in [-0.15, -0.1) is 0 Å².